The van der Waals surface area contributed by atoms with Crippen molar-refractivity contribution in [2.24, 2.45) is 4.99 Å². The SMILES string of the molecule is COCCOc1nc(-c2ccc(Cl)nc2)nc2c1C(c1ccccc1)=NCC2. The van der Waals surface area contributed by atoms with E-state index in [4.69, 9.17) is 31.1 Å². The normalized spacial score (nSPS) is 13.0. The van der Waals surface area contributed by atoms with Gasteiger partial charge in [-0.1, -0.05) is 41.9 Å². The van der Waals surface area contributed by atoms with Crippen LogP contribution in [-0.2, 0) is 11.2 Å². The molecule has 0 amide bonds. The van der Waals surface area contributed by atoms with Gasteiger partial charge >= 0.3 is 0 Å². The van der Waals surface area contributed by atoms with Crippen molar-refractivity contribution in [3.05, 3.63) is 70.6 Å². The molecule has 1 aliphatic rings. The van der Waals surface area contributed by atoms with Crippen molar-refractivity contribution >= 4 is 17.3 Å². The van der Waals surface area contributed by atoms with E-state index >= 15 is 0 Å². The Kier molecular flexibility index (Phi) is 5.60. The van der Waals surface area contributed by atoms with Gasteiger partial charge in [-0.05, 0) is 12.1 Å². The molecule has 0 saturated heterocycles. The van der Waals surface area contributed by atoms with Gasteiger partial charge in [0.1, 0.15) is 11.8 Å². The second kappa shape index (κ2) is 8.46. The molecule has 0 saturated carbocycles. The maximum atomic E-state index is 5.98. The number of fused-ring (bicyclic) bond motifs is 1. The minimum absolute atomic E-state index is 0.389. The first-order valence-electron chi connectivity index (χ1n) is 9.01. The average molecular weight is 395 g/mol. The predicted octanol–water partition coefficient (Wildman–Crippen LogP) is 3.61. The molecule has 0 bridgehead atoms. The van der Waals surface area contributed by atoms with Crippen LogP contribution in [0.25, 0.3) is 11.4 Å². The van der Waals surface area contributed by atoms with E-state index in [1.54, 1.807) is 19.4 Å². The fourth-order valence-electron chi connectivity index (χ4n) is 3.05. The molecule has 28 heavy (non-hydrogen) atoms. The van der Waals surface area contributed by atoms with Crippen LogP contribution < -0.4 is 4.74 Å². The molecule has 142 valence electrons. The number of aliphatic imine (C=N–C) groups is 1. The molecule has 0 atom stereocenters. The number of rotatable bonds is 6. The summed E-state index contributed by atoms with van der Waals surface area (Å²) in [4.78, 5) is 18.3. The van der Waals surface area contributed by atoms with Crippen LogP contribution in [0.1, 0.15) is 16.8 Å². The van der Waals surface area contributed by atoms with Gasteiger partial charge in [-0.2, -0.15) is 4.98 Å². The standard InChI is InChI=1S/C21H19ClN4O2/c1-27-11-12-28-21-18-16(9-10-23-19(18)14-5-3-2-4-6-14)25-20(26-21)15-7-8-17(22)24-13-15/h2-8,13H,9-12H2,1H3. The summed E-state index contributed by atoms with van der Waals surface area (Å²) in [6.45, 7) is 1.53. The molecule has 4 rings (SSSR count). The van der Waals surface area contributed by atoms with Crippen LogP contribution in [0.4, 0.5) is 0 Å². The molecular formula is C21H19ClN4O2. The van der Waals surface area contributed by atoms with Gasteiger partial charge < -0.3 is 9.47 Å². The van der Waals surface area contributed by atoms with E-state index < -0.39 is 0 Å². The molecule has 7 heteroatoms. The Morgan fingerprint density at radius 1 is 1.00 bits per heavy atom. The van der Waals surface area contributed by atoms with Gasteiger partial charge in [-0.25, -0.2) is 9.97 Å². The maximum Gasteiger partial charge on any atom is 0.227 e. The number of benzene rings is 1. The number of halogens is 1. The zero-order valence-electron chi connectivity index (χ0n) is 15.4. The second-order valence-electron chi connectivity index (χ2n) is 6.23. The first-order valence-corrected chi connectivity index (χ1v) is 9.39. The van der Waals surface area contributed by atoms with Gasteiger partial charge in [-0.3, -0.25) is 4.99 Å². The molecule has 1 aromatic carbocycles. The summed E-state index contributed by atoms with van der Waals surface area (Å²) in [6.07, 6.45) is 2.39. The third-order valence-electron chi connectivity index (χ3n) is 4.37. The van der Waals surface area contributed by atoms with E-state index in [1.807, 2.05) is 36.4 Å². The number of pyridine rings is 1. The quantitative estimate of drug-likeness (QED) is 0.472. The Hall–Kier alpha value is -2.83. The first kappa shape index (κ1) is 18.5. The zero-order chi connectivity index (χ0) is 19.3. The Labute approximate surface area is 168 Å². The summed E-state index contributed by atoms with van der Waals surface area (Å²) in [5.41, 5.74) is 4.42. The summed E-state index contributed by atoms with van der Waals surface area (Å²) in [6, 6.07) is 13.6. The molecule has 6 nitrogen and oxygen atoms in total. The summed E-state index contributed by atoms with van der Waals surface area (Å²) >= 11 is 5.91. The fourth-order valence-corrected chi connectivity index (χ4v) is 3.16. The van der Waals surface area contributed by atoms with Gasteiger partial charge in [0.15, 0.2) is 5.82 Å². The van der Waals surface area contributed by atoms with Gasteiger partial charge in [0.2, 0.25) is 5.88 Å². The number of nitrogens with zero attached hydrogens (tertiary/aromatic N) is 4. The van der Waals surface area contributed by atoms with Crippen molar-refractivity contribution in [3.63, 3.8) is 0 Å². The lowest BCUT2D eigenvalue weighted by Crippen LogP contribution is -2.20. The van der Waals surface area contributed by atoms with E-state index in [1.165, 1.54) is 0 Å². The molecule has 0 N–H and O–H groups in total. The molecular weight excluding hydrogens is 376 g/mol. The average Bonchev–Trinajstić information content (AvgIpc) is 2.74. The smallest absolute Gasteiger partial charge is 0.227 e. The lowest BCUT2D eigenvalue weighted by atomic mass is 9.97. The van der Waals surface area contributed by atoms with Gasteiger partial charge in [0.25, 0.3) is 0 Å². The molecule has 1 aliphatic heterocycles. The van der Waals surface area contributed by atoms with E-state index in [0.29, 0.717) is 36.6 Å². The topological polar surface area (TPSA) is 69.5 Å². The van der Waals surface area contributed by atoms with Gasteiger partial charge in [-0.15, -0.1) is 0 Å². The van der Waals surface area contributed by atoms with Crippen molar-refractivity contribution in [2.45, 2.75) is 6.42 Å². The third kappa shape index (κ3) is 3.88. The summed E-state index contributed by atoms with van der Waals surface area (Å²) < 4.78 is 11.1. The van der Waals surface area contributed by atoms with Crippen LogP contribution in [0.15, 0.2) is 53.7 Å². The van der Waals surface area contributed by atoms with Crippen molar-refractivity contribution in [1.29, 1.82) is 0 Å². The Bertz CT molecular complexity index is 991. The predicted molar refractivity (Wildman–Crippen MR) is 108 cm³/mol. The number of hydrogen-bond donors (Lipinski definition) is 0. The molecule has 0 spiro atoms. The largest absolute Gasteiger partial charge is 0.475 e. The van der Waals surface area contributed by atoms with E-state index in [2.05, 4.69) is 9.97 Å². The Morgan fingerprint density at radius 3 is 2.61 bits per heavy atom. The summed E-state index contributed by atoms with van der Waals surface area (Å²) in [5, 5.41) is 0.428. The zero-order valence-corrected chi connectivity index (χ0v) is 16.2. The monoisotopic (exact) mass is 394 g/mol. The lowest BCUT2D eigenvalue weighted by molar-refractivity contribution is 0.143. The first-order chi connectivity index (χ1) is 13.8. The molecule has 0 radical (unpaired) electrons. The van der Waals surface area contributed by atoms with Gasteiger partial charge in [0, 0.05) is 37.4 Å². The molecule has 0 unspecified atom stereocenters. The lowest BCUT2D eigenvalue weighted by Gasteiger charge is -2.20. The number of hydrogen-bond acceptors (Lipinski definition) is 6. The Balaban J connectivity index is 1.81. The highest BCUT2D eigenvalue weighted by Crippen LogP contribution is 2.30. The molecule has 3 aromatic rings. The van der Waals surface area contributed by atoms with E-state index in [0.717, 1.165) is 34.5 Å². The van der Waals surface area contributed by atoms with Crippen LogP contribution in [0, 0.1) is 0 Å². The highest BCUT2D eigenvalue weighted by atomic mass is 35.5. The summed E-state index contributed by atoms with van der Waals surface area (Å²) in [7, 11) is 1.64. The Morgan fingerprint density at radius 2 is 1.86 bits per heavy atom. The van der Waals surface area contributed by atoms with Gasteiger partial charge in [0.05, 0.1) is 23.6 Å². The van der Waals surface area contributed by atoms with Crippen LogP contribution in [0.2, 0.25) is 5.15 Å². The number of aromatic nitrogens is 3. The van der Waals surface area contributed by atoms with Crippen molar-refractivity contribution in [1.82, 2.24) is 15.0 Å². The minimum atomic E-state index is 0.389. The maximum absolute atomic E-state index is 5.98. The highest BCUT2D eigenvalue weighted by molar-refractivity contribution is 6.29. The highest BCUT2D eigenvalue weighted by Gasteiger charge is 2.25. The van der Waals surface area contributed by atoms with E-state index in [-0.39, 0.29) is 0 Å². The van der Waals surface area contributed by atoms with E-state index in [9.17, 15) is 0 Å². The van der Waals surface area contributed by atoms with Crippen LogP contribution in [0.3, 0.4) is 0 Å². The molecule has 3 heterocycles. The molecule has 2 aromatic heterocycles. The van der Waals surface area contributed by atoms with Crippen LogP contribution >= 0.6 is 11.6 Å². The second-order valence-corrected chi connectivity index (χ2v) is 6.62. The summed E-state index contributed by atoms with van der Waals surface area (Å²) in [5.74, 6) is 1.07. The van der Waals surface area contributed by atoms with Crippen LogP contribution in [-0.4, -0.2) is 47.5 Å². The van der Waals surface area contributed by atoms with Crippen LogP contribution in [0.5, 0.6) is 5.88 Å². The number of ether oxygens (including phenoxy) is 2. The van der Waals surface area contributed by atoms with Crippen molar-refractivity contribution in [2.75, 3.05) is 26.9 Å². The fraction of sp³-hybridized carbons (Fsp3) is 0.238. The molecule has 0 fully saturated rings. The van der Waals surface area contributed by atoms with Crippen molar-refractivity contribution in [3.8, 4) is 17.3 Å². The van der Waals surface area contributed by atoms with Crippen molar-refractivity contribution < 1.29 is 9.47 Å². The minimum Gasteiger partial charge on any atom is -0.475 e. The molecule has 0 aliphatic carbocycles. The third-order valence-corrected chi connectivity index (χ3v) is 4.59. The number of methoxy groups -OCH3 is 1.